The molecule has 2 rings (SSSR count). The van der Waals surface area contributed by atoms with E-state index in [0.29, 0.717) is 32.8 Å². The molecule has 2 aliphatic rings. The Kier molecular flexibility index (Phi) is 4.54. The normalized spacial score (nSPS) is 25.8. The lowest BCUT2D eigenvalue weighted by molar-refractivity contribution is -0.140. The Morgan fingerprint density at radius 2 is 2.11 bits per heavy atom. The highest BCUT2D eigenvalue weighted by Gasteiger charge is 2.27. The van der Waals surface area contributed by atoms with Crippen LogP contribution in [0.2, 0.25) is 0 Å². The Hall–Kier alpha value is -1.14. The first-order chi connectivity index (χ1) is 8.68. The van der Waals surface area contributed by atoms with Crippen molar-refractivity contribution in [1.29, 1.82) is 0 Å². The fourth-order valence-corrected chi connectivity index (χ4v) is 2.33. The molecular formula is C12H21N3O3. The van der Waals surface area contributed by atoms with Gasteiger partial charge in [0.1, 0.15) is 6.04 Å². The maximum atomic E-state index is 12.1. The van der Waals surface area contributed by atoms with Gasteiger partial charge in [0.05, 0.1) is 19.1 Å². The molecular weight excluding hydrogens is 234 g/mol. The van der Waals surface area contributed by atoms with Crippen molar-refractivity contribution < 1.29 is 14.3 Å². The van der Waals surface area contributed by atoms with Crippen LogP contribution in [-0.4, -0.2) is 62.1 Å². The van der Waals surface area contributed by atoms with Gasteiger partial charge in [0.25, 0.3) is 0 Å². The van der Waals surface area contributed by atoms with Crippen molar-refractivity contribution in [3.05, 3.63) is 0 Å². The third kappa shape index (κ3) is 3.20. The molecule has 2 atom stereocenters. The first-order valence-corrected chi connectivity index (χ1v) is 6.56. The fourth-order valence-electron chi connectivity index (χ4n) is 2.33. The third-order valence-corrected chi connectivity index (χ3v) is 3.48. The van der Waals surface area contributed by atoms with Crippen LogP contribution in [-0.2, 0) is 14.3 Å². The molecule has 2 aliphatic heterocycles. The van der Waals surface area contributed by atoms with E-state index in [0.717, 1.165) is 13.0 Å². The van der Waals surface area contributed by atoms with Crippen molar-refractivity contribution in [2.75, 3.05) is 39.4 Å². The van der Waals surface area contributed by atoms with E-state index in [1.807, 2.05) is 0 Å². The Morgan fingerprint density at radius 1 is 1.39 bits per heavy atom. The zero-order valence-electron chi connectivity index (χ0n) is 10.8. The van der Waals surface area contributed by atoms with Crippen LogP contribution in [0.3, 0.4) is 0 Å². The maximum absolute atomic E-state index is 12.1. The van der Waals surface area contributed by atoms with Gasteiger partial charge < -0.3 is 20.3 Å². The van der Waals surface area contributed by atoms with E-state index in [9.17, 15) is 9.59 Å². The first-order valence-electron chi connectivity index (χ1n) is 6.56. The van der Waals surface area contributed by atoms with Gasteiger partial charge in [-0.3, -0.25) is 9.59 Å². The van der Waals surface area contributed by atoms with Gasteiger partial charge in [-0.2, -0.15) is 0 Å². The summed E-state index contributed by atoms with van der Waals surface area (Å²) < 4.78 is 5.20. The predicted molar refractivity (Wildman–Crippen MR) is 66.0 cm³/mol. The molecule has 2 saturated heterocycles. The quantitative estimate of drug-likeness (QED) is 0.676. The molecule has 0 aliphatic carbocycles. The molecule has 18 heavy (non-hydrogen) atoms. The lowest BCUT2D eigenvalue weighted by Gasteiger charge is -2.29. The molecule has 0 aromatic carbocycles. The summed E-state index contributed by atoms with van der Waals surface area (Å²) >= 11 is 0. The standard InChI is InChI=1S/C12H21N3O3/c1-9(12(17)15-4-6-18-7-5-15)14-11(16)10-2-3-13-8-10/h9-10,13H,2-8H2,1H3,(H,14,16). The van der Waals surface area contributed by atoms with Crippen molar-refractivity contribution >= 4 is 11.8 Å². The molecule has 2 amide bonds. The molecule has 0 spiro atoms. The van der Waals surface area contributed by atoms with Gasteiger partial charge >= 0.3 is 0 Å². The molecule has 0 radical (unpaired) electrons. The molecule has 2 fully saturated rings. The summed E-state index contributed by atoms with van der Waals surface area (Å²) in [4.78, 5) is 25.7. The second-order valence-corrected chi connectivity index (χ2v) is 4.86. The summed E-state index contributed by atoms with van der Waals surface area (Å²) in [5.74, 6) is -0.0309. The van der Waals surface area contributed by atoms with E-state index >= 15 is 0 Å². The molecule has 102 valence electrons. The summed E-state index contributed by atoms with van der Waals surface area (Å²) in [5, 5.41) is 5.95. The van der Waals surface area contributed by atoms with E-state index in [2.05, 4.69) is 10.6 Å². The van der Waals surface area contributed by atoms with E-state index in [1.165, 1.54) is 0 Å². The van der Waals surface area contributed by atoms with Crippen molar-refractivity contribution in [2.24, 2.45) is 5.92 Å². The molecule has 0 saturated carbocycles. The maximum Gasteiger partial charge on any atom is 0.245 e. The smallest absolute Gasteiger partial charge is 0.245 e. The second kappa shape index (κ2) is 6.15. The fraction of sp³-hybridized carbons (Fsp3) is 0.833. The highest BCUT2D eigenvalue weighted by molar-refractivity contribution is 5.88. The summed E-state index contributed by atoms with van der Waals surface area (Å²) in [5.41, 5.74) is 0. The van der Waals surface area contributed by atoms with Crippen LogP contribution in [0.5, 0.6) is 0 Å². The molecule has 2 N–H and O–H groups in total. The van der Waals surface area contributed by atoms with Gasteiger partial charge in [0.15, 0.2) is 0 Å². The zero-order chi connectivity index (χ0) is 13.0. The average Bonchev–Trinajstić information content (AvgIpc) is 2.92. The topological polar surface area (TPSA) is 70.7 Å². The van der Waals surface area contributed by atoms with Crippen LogP contribution in [0.1, 0.15) is 13.3 Å². The number of morpholine rings is 1. The number of amides is 2. The summed E-state index contributed by atoms with van der Waals surface area (Å²) in [6.45, 7) is 5.73. The predicted octanol–water partition coefficient (Wildman–Crippen LogP) is -1.04. The molecule has 6 heteroatoms. The zero-order valence-corrected chi connectivity index (χ0v) is 10.8. The lowest BCUT2D eigenvalue weighted by atomic mass is 10.1. The van der Waals surface area contributed by atoms with Crippen LogP contribution in [0.15, 0.2) is 0 Å². The van der Waals surface area contributed by atoms with Crippen LogP contribution in [0.25, 0.3) is 0 Å². The average molecular weight is 255 g/mol. The van der Waals surface area contributed by atoms with Crippen LogP contribution >= 0.6 is 0 Å². The number of ether oxygens (including phenoxy) is 1. The Bertz CT molecular complexity index is 310. The minimum absolute atomic E-state index is 0.00457. The SMILES string of the molecule is CC(NC(=O)C1CCNC1)C(=O)N1CCOCC1. The Morgan fingerprint density at radius 3 is 2.72 bits per heavy atom. The highest BCUT2D eigenvalue weighted by Crippen LogP contribution is 2.08. The molecule has 0 aromatic heterocycles. The van der Waals surface area contributed by atoms with Crippen molar-refractivity contribution in [3.63, 3.8) is 0 Å². The molecule has 2 unspecified atom stereocenters. The van der Waals surface area contributed by atoms with Crippen molar-refractivity contribution in [2.45, 2.75) is 19.4 Å². The van der Waals surface area contributed by atoms with Gasteiger partial charge in [-0.15, -0.1) is 0 Å². The molecule has 6 nitrogen and oxygen atoms in total. The number of hydrogen-bond acceptors (Lipinski definition) is 4. The van der Waals surface area contributed by atoms with E-state index in [4.69, 9.17) is 4.74 Å². The Labute approximate surface area is 107 Å². The van der Waals surface area contributed by atoms with E-state index < -0.39 is 6.04 Å². The van der Waals surface area contributed by atoms with Crippen LogP contribution in [0.4, 0.5) is 0 Å². The van der Waals surface area contributed by atoms with E-state index in [-0.39, 0.29) is 17.7 Å². The number of carbonyl (C=O) groups excluding carboxylic acids is 2. The lowest BCUT2D eigenvalue weighted by Crippen LogP contribution is -2.51. The molecule has 0 bridgehead atoms. The summed E-state index contributed by atoms with van der Waals surface area (Å²) in [7, 11) is 0. The number of nitrogens with zero attached hydrogens (tertiary/aromatic N) is 1. The van der Waals surface area contributed by atoms with Crippen molar-refractivity contribution in [3.8, 4) is 0 Å². The first kappa shape index (κ1) is 13.3. The van der Waals surface area contributed by atoms with Gasteiger partial charge in [-0.05, 0) is 19.9 Å². The monoisotopic (exact) mass is 255 g/mol. The Balaban J connectivity index is 1.80. The van der Waals surface area contributed by atoms with Gasteiger partial charge in [-0.25, -0.2) is 0 Å². The van der Waals surface area contributed by atoms with Crippen LogP contribution < -0.4 is 10.6 Å². The van der Waals surface area contributed by atoms with Gasteiger partial charge in [0, 0.05) is 19.6 Å². The van der Waals surface area contributed by atoms with Crippen molar-refractivity contribution in [1.82, 2.24) is 15.5 Å². The van der Waals surface area contributed by atoms with Crippen LogP contribution in [0, 0.1) is 5.92 Å². The highest BCUT2D eigenvalue weighted by atomic mass is 16.5. The number of carbonyl (C=O) groups is 2. The van der Waals surface area contributed by atoms with E-state index in [1.54, 1.807) is 11.8 Å². The largest absolute Gasteiger partial charge is 0.378 e. The second-order valence-electron chi connectivity index (χ2n) is 4.86. The third-order valence-electron chi connectivity index (χ3n) is 3.48. The van der Waals surface area contributed by atoms with Gasteiger partial charge in [0.2, 0.25) is 11.8 Å². The summed E-state index contributed by atoms with van der Waals surface area (Å²) in [6, 6.07) is -0.448. The minimum atomic E-state index is -0.448. The number of hydrogen-bond donors (Lipinski definition) is 2. The molecule has 2 heterocycles. The molecule has 0 aromatic rings. The van der Waals surface area contributed by atoms with Gasteiger partial charge in [-0.1, -0.05) is 0 Å². The minimum Gasteiger partial charge on any atom is -0.378 e. The number of nitrogens with one attached hydrogen (secondary N) is 2. The number of rotatable bonds is 3. The summed E-state index contributed by atoms with van der Waals surface area (Å²) in [6.07, 6.45) is 0.851.